The Morgan fingerprint density at radius 3 is 2.30 bits per heavy atom. The Hall–Kier alpha value is -3.11. The van der Waals surface area contributed by atoms with Crippen LogP contribution in [-0.2, 0) is 12.7 Å². The van der Waals surface area contributed by atoms with E-state index in [1.165, 1.54) is 44.5 Å². The summed E-state index contributed by atoms with van der Waals surface area (Å²) in [6.07, 6.45) is -9.15. The van der Waals surface area contributed by atoms with Crippen LogP contribution in [0.25, 0.3) is 0 Å². The fraction of sp³-hybridized carbons (Fsp3) is 0.316. The molecule has 30 heavy (non-hydrogen) atoms. The van der Waals surface area contributed by atoms with Gasteiger partial charge in [0.15, 0.2) is 18.1 Å². The Bertz CT molecular complexity index is 883. The minimum absolute atomic E-state index is 0.0182. The van der Waals surface area contributed by atoms with E-state index in [4.69, 9.17) is 4.74 Å². The van der Waals surface area contributed by atoms with Crippen molar-refractivity contribution in [2.24, 2.45) is 0 Å². The number of methoxy groups -OCH3 is 1. The van der Waals surface area contributed by atoms with E-state index < -0.39 is 30.6 Å². The maximum Gasteiger partial charge on any atom is 0.422 e. The summed E-state index contributed by atoms with van der Waals surface area (Å²) in [6, 6.07) is 7.84. The van der Waals surface area contributed by atoms with E-state index in [9.17, 15) is 31.1 Å². The fourth-order valence-electron chi connectivity index (χ4n) is 2.51. The van der Waals surface area contributed by atoms with E-state index >= 15 is 0 Å². The van der Waals surface area contributed by atoms with E-state index in [2.05, 4.69) is 10.1 Å². The van der Waals surface area contributed by atoms with Gasteiger partial charge in [0.05, 0.1) is 12.7 Å². The van der Waals surface area contributed by atoms with Crippen molar-refractivity contribution >= 4 is 11.7 Å². The van der Waals surface area contributed by atoms with Gasteiger partial charge in [-0.05, 0) is 23.8 Å². The van der Waals surface area contributed by atoms with Crippen LogP contribution in [0.4, 0.5) is 36.8 Å². The first kappa shape index (κ1) is 23.2. The standard InChI is InChI=1S/C19H18F6N2O3/c1-27(10-12-5-3-4-6-14(12)19(23,24)25)17(28)26-13-7-8-15(29-2)16(9-13)30-11-18(20,21)22/h3-9H,10-11H2,1-2H3,(H,26,28). The average molecular weight is 436 g/mol. The molecule has 2 rings (SSSR count). The Labute approximate surface area is 168 Å². The van der Waals surface area contributed by atoms with Crippen molar-refractivity contribution in [3.8, 4) is 11.5 Å². The lowest BCUT2D eigenvalue weighted by atomic mass is 10.1. The fourth-order valence-corrected chi connectivity index (χ4v) is 2.51. The molecule has 0 saturated heterocycles. The molecule has 0 aromatic heterocycles. The number of carbonyl (C=O) groups excluding carboxylic acids is 1. The largest absolute Gasteiger partial charge is 0.493 e. The number of nitrogens with zero attached hydrogens (tertiary/aromatic N) is 1. The predicted octanol–water partition coefficient (Wildman–Crippen LogP) is 5.32. The Balaban J connectivity index is 2.12. The van der Waals surface area contributed by atoms with Crippen LogP contribution in [0.15, 0.2) is 42.5 Å². The SMILES string of the molecule is COc1ccc(NC(=O)N(C)Cc2ccccc2C(F)(F)F)cc1OCC(F)(F)F. The van der Waals surface area contributed by atoms with Crippen LogP contribution < -0.4 is 14.8 Å². The number of hydrogen-bond donors (Lipinski definition) is 1. The molecule has 0 aliphatic heterocycles. The molecule has 5 nitrogen and oxygen atoms in total. The molecule has 2 aromatic carbocycles. The average Bonchev–Trinajstić information content (AvgIpc) is 2.65. The first-order valence-electron chi connectivity index (χ1n) is 8.45. The van der Waals surface area contributed by atoms with Crippen LogP contribution in [0, 0.1) is 0 Å². The maximum atomic E-state index is 13.1. The Kier molecular flexibility index (Phi) is 7.06. The lowest BCUT2D eigenvalue weighted by Gasteiger charge is -2.21. The molecule has 0 radical (unpaired) electrons. The van der Waals surface area contributed by atoms with Crippen molar-refractivity contribution in [1.82, 2.24) is 4.90 Å². The van der Waals surface area contributed by atoms with Gasteiger partial charge in [0.1, 0.15) is 0 Å². The van der Waals surface area contributed by atoms with E-state index in [1.54, 1.807) is 0 Å². The lowest BCUT2D eigenvalue weighted by Crippen LogP contribution is -2.31. The predicted molar refractivity (Wildman–Crippen MR) is 96.5 cm³/mol. The topological polar surface area (TPSA) is 50.8 Å². The van der Waals surface area contributed by atoms with Crippen LogP contribution >= 0.6 is 0 Å². The molecule has 11 heteroatoms. The van der Waals surface area contributed by atoms with E-state index in [1.807, 2.05) is 0 Å². The molecule has 2 aromatic rings. The van der Waals surface area contributed by atoms with Crippen LogP contribution in [0.3, 0.4) is 0 Å². The molecule has 0 heterocycles. The Morgan fingerprint density at radius 2 is 1.70 bits per heavy atom. The minimum atomic E-state index is -4.57. The molecule has 0 aliphatic carbocycles. The van der Waals surface area contributed by atoms with Crippen LogP contribution in [0.5, 0.6) is 11.5 Å². The first-order chi connectivity index (χ1) is 13.9. The molecule has 0 fully saturated rings. The van der Waals surface area contributed by atoms with Crippen molar-refractivity contribution in [1.29, 1.82) is 0 Å². The summed E-state index contributed by atoms with van der Waals surface area (Å²) >= 11 is 0. The number of nitrogens with one attached hydrogen (secondary N) is 1. The third-order valence-electron chi connectivity index (χ3n) is 3.88. The molecule has 0 spiro atoms. The van der Waals surface area contributed by atoms with E-state index in [0.29, 0.717) is 0 Å². The van der Waals surface area contributed by atoms with Crippen molar-refractivity contribution in [2.45, 2.75) is 18.9 Å². The maximum absolute atomic E-state index is 13.1. The van der Waals surface area contributed by atoms with Gasteiger partial charge >= 0.3 is 18.4 Å². The smallest absolute Gasteiger partial charge is 0.422 e. The van der Waals surface area contributed by atoms with Crippen molar-refractivity contribution < 1.29 is 40.6 Å². The summed E-state index contributed by atoms with van der Waals surface area (Å²) in [5.41, 5.74) is -0.891. The van der Waals surface area contributed by atoms with Gasteiger partial charge in [0, 0.05) is 25.3 Å². The highest BCUT2D eigenvalue weighted by atomic mass is 19.4. The van der Waals surface area contributed by atoms with Crippen molar-refractivity contribution in [2.75, 3.05) is 26.1 Å². The highest BCUT2D eigenvalue weighted by molar-refractivity contribution is 5.89. The summed E-state index contributed by atoms with van der Waals surface area (Å²) in [6.45, 7) is -1.90. The number of halogens is 6. The van der Waals surface area contributed by atoms with E-state index in [-0.39, 0.29) is 29.3 Å². The number of hydrogen-bond acceptors (Lipinski definition) is 3. The van der Waals surface area contributed by atoms with Gasteiger partial charge in [-0.3, -0.25) is 0 Å². The lowest BCUT2D eigenvalue weighted by molar-refractivity contribution is -0.153. The minimum Gasteiger partial charge on any atom is -0.493 e. The first-order valence-corrected chi connectivity index (χ1v) is 8.45. The number of carbonyl (C=O) groups is 1. The normalized spacial score (nSPS) is 11.7. The molecule has 0 unspecified atom stereocenters. The third-order valence-corrected chi connectivity index (χ3v) is 3.88. The second kappa shape index (κ2) is 9.14. The third kappa shape index (κ3) is 6.46. The molecular formula is C19H18F6N2O3. The number of ether oxygens (including phenoxy) is 2. The molecule has 1 N–H and O–H groups in total. The van der Waals surface area contributed by atoms with Gasteiger partial charge in [0.2, 0.25) is 0 Å². The highest BCUT2D eigenvalue weighted by Gasteiger charge is 2.33. The van der Waals surface area contributed by atoms with Gasteiger partial charge in [-0.15, -0.1) is 0 Å². The van der Waals surface area contributed by atoms with Gasteiger partial charge < -0.3 is 19.7 Å². The molecular weight excluding hydrogens is 418 g/mol. The van der Waals surface area contributed by atoms with Crippen molar-refractivity contribution in [3.05, 3.63) is 53.6 Å². The van der Waals surface area contributed by atoms with Crippen molar-refractivity contribution in [3.63, 3.8) is 0 Å². The van der Waals surface area contributed by atoms with Gasteiger partial charge in [0.25, 0.3) is 0 Å². The highest BCUT2D eigenvalue weighted by Crippen LogP contribution is 2.33. The Morgan fingerprint density at radius 1 is 1.03 bits per heavy atom. The zero-order chi connectivity index (χ0) is 22.5. The number of rotatable bonds is 6. The molecule has 0 aliphatic rings. The number of amides is 2. The number of benzene rings is 2. The molecule has 2 amide bonds. The van der Waals surface area contributed by atoms with Crippen LogP contribution in [-0.4, -0.2) is 37.9 Å². The molecule has 0 bridgehead atoms. The van der Waals surface area contributed by atoms with Gasteiger partial charge in [-0.1, -0.05) is 18.2 Å². The number of alkyl halides is 6. The summed E-state index contributed by atoms with van der Waals surface area (Å²) in [7, 11) is 2.52. The number of anilines is 1. The van der Waals surface area contributed by atoms with Gasteiger partial charge in [-0.25, -0.2) is 4.79 Å². The zero-order valence-corrected chi connectivity index (χ0v) is 15.9. The summed E-state index contributed by atoms with van der Waals surface area (Å²) in [5, 5.41) is 2.40. The van der Waals surface area contributed by atoms with Crippen LogP contribution in [0.1, 0.15) is 11.1 Å². The quantitative estimate of drug-likeness (QED) is 0.624. The number of urea groups is 1. The van der Waals surface area contributed by atoms with Gasteiger partial charge in [-0.2, -0.15) is 26.3 Å². The second-order valence-electron chi connectivity index (χ2n) is 6.21. The molecule has 164 valence electrons. The second-order valence-corrected chi connectivity index (χ2v) is 6.21. The molecule has 0 atom stereocenters. The zero-order valence-electron chi connectivity index (χ0n) is 15.9. The monoisotopic (exact) mass is 436 g/mol. The van der Waals surface area contributed by atoms with E-state index in [0.717, 1.165) is 17.0 Å². The summed E-state index contributed by atoms with van der Waals surface area (Å²) in [4.78, 5) is 13.3. The van der Waals surface area contributed by atoms with Crippen LogP contribution in [0.2, 0.25) is 0 Å². The summed E-state index contributed by atoms with van der Waals surface area (Å²) in [5.74, 6) is -0.234. The summed E-state index contributed by atoms with van der Waals surface area (Å²) < 4.78 is 86.1. The molecule has 0 saturated carbocycles.